The van der Waals surface area contributed by atoms with E-state index in [1.807, 2.05) is 4.90 Å². The van der Waals surface area contributed by atoms with Gasteiger partial charge in [-0.1, -0.05) is 34.8 Å². The number of hydrogen-bond donors (Lipinski definition) is 0. The maximum atomic E-state index is 11.6. The van der Waals surface area contributed by atoms with Crippen molar-refractivity contribution in [2.24, 2.45) is 0 Å². The summed E-state index contributed by atoms with van der Waals surface area (Å²) in [6.07, 6.45) is 0.773. The molecule has 2 aliphatic rings. The number of rotatable bonds is 4. The average Bonchev–Trinajstić information content (AvgIpc) is 2.53. The second kappa shape index (κ2) is 8.21. The fourth-order valence-corrected chi connectivity index (χ4v) is 2.72. The third-order valence-corrected chi connectivity index (χ3v) is 4.28. The predicted octanol–water partition coefficient (Wildman–Crippen LogP) is 2.33. The molecule has 7 nitrogen and oxygen atoms in total. The highest BCUT2D eigenvalue weighted by Gasteiger charge is 2.34. The Balaban J connectivity index is 2.48. The minimum atomic E-state index is -0.563. The smallest absolute Gasteiger partial charge is 0.330 e. The van der Waals surface area contributed by atoms with Crippen molar-refractivity contribution in [3.63, 3.8) is 0 Å². The topological polar surface area (TPSA) is 68.1 Å². The Bertz CT molecular complexity index is 462. The van der Waals surface area contributed by atoms with Crippen LogP contribution in [0, 0.1) is 10.1 Å². The third-order valence-electron chi connectivity index (χ3n) is 3.34. The van der Waals surface area contributed by atoms with Crippen molar-refractivity contribution in [3.05, 3.63) is 31.2 Å². The van der Waals surface area contributed by atoms with Crippen molar-refractivity contribution in [3.8, 4) is 0 Å². The van der Waals surface area contributed by atoms with E-state index in [2.05, 4.69) is 0 Å². The highest BCUT2D eigenvalue weighted by Crippen LogP contribution is 2.31. The van der Waals surface area contributed by atoms with Crippen molar-refractivity contribution in [2.75, 3.05) is 46.2 Å². The molecule has 0 spiro atoms. The van der Waals surface area contributed by atoms with E-state index in [1.165, 1.54) is 0 Å². The lowest BCUT2D eigenvalue weighted by molar-refractivity contribution is -0.423. The van der Waals surface area contributed by atoms with E-state index >= 15 is 0 Å². The van der Waals surface area contributed by atoms with Gasteiger partial charge in [-0.25, -0.2) is 0 Å². The molecule has 0 amide bonds. The molecule has 2 heterocycles. The van der Waals surface area contributed by atoms with Crippen LogP contribution in [0.4, 0.5) is 0 Å². The fourth-order valence-electron chi connectivity index (χ4n) is 2.39. The van der Waals surface area contributed by atoms with Crippen LogP contribution in [0.2, 0.25) is 0 Å². The Labute approximate surface area is 143 Å². The molecule has 0 saturated carbocycles. The molecule has 2 saturated heterocycles. The molecule has 0 unspecified atom stereocenters. The summed E-state index contributed by atoms with van der Waals surface area (Å²) in [6, 6.07) is 0. The van der Waals surface area contributed by atoms with Crippen LogP contribution in [-0.2, 0) is 9.47 Å². The maximum absolute atomic E-state index is 11.6. The number of allylic oxidation sites excluding steroid dienone is 1. The highest BCUT2D eigenvalue weighted by molar-refractivity contribution is 6.59. The van der Waals surface area contributed by atoms with E-state index in [0.29, 0.717) is 45.3 Å². The van der Waals surface area contributed by atoms with Gasteiger partial charge in [0, 0.05) is 19.6 Å². The predicted molar refractivity (Wildman–Crippen MR) is 83.1 cm³/mol. The van der Waals surface area contributed by atoms with E-state index in [-0.39, 0.29) is 22.0 Å². The molecule has 124 valence electrons. The number of halogens is 3. The lowest BCUT2D eigenvalue weighted by Gasteiger charge is -2.38. The van der Waals surface area contributed by atoms with Crippen LogP contribution in [0.15, 0.2) is 21.0 Å². The number of nitrogens with zero attached hydrogens (tertiary/aromatic N) is 3. The average molecular weight is 373 g/mol. The standard InChI is InChI=1S/C12H16Cl3N3O4/c13-9(11(14)15)10(18(19)20)12(16-3-6-21-7-4-16)17-2-1-5-22-8-17/h1-8H2/b12-10+. The first-order valence-corrected chi connectivity index (χ1v) is 7.91. The molecule has 2 aliphatic heterocycles. The summed E-state index contributed by atoms with van der Waals surface area (Å²) in [7, 11) is 0. The van der Waals surface area contributed by atoms with Crippen LogP contribution >= 0.6 is 34.8 Å². The summed E-state index contributed by atoms with van der Waals surface area (Å²) in [5, 5.41) is 11.3. The summed E-state index contributed by atoms with van der Waals surface area (Å²) in [4.78, 5) is 14.6. The zero-order chi connectivity index (χ0) is 16.1. The number of hydrogen-bond acceptors (Lipinski definition) is 6. The molecular formula is C12H16Cl3N3O4. The van der Waals surface area contributed by atoms with Gasteiger partial charge in [0.05, 0.1) is 24.7 Å². The molecule has 2 fully saturated rings. The normalized spacial score (nSPS) is 20.5. The molecule has 10 heteroatoms. The Morgan fingerprint density at radius 2 is 1.68 bits per heavy atom. The number of nitro groups is 1. The van der Waals surface area contributed by atoms with Crippen LogP contribution in [-0.4, -0.2) is 60.9 Å². The molecule has 0 aromatic heterocycles. The molecule has 0 aliphatic carbocycles. The lowest BCUT2D eigenvalue weighted by atomic mass is 10.3. The van der Waals surface area contributed by atoms with Gasteiger partial charge in [-0.05, 0) is 6.42 Å². The first-order chi connectivity index (χ1) is 10.5. The van der Waals surface area contributed by atoms with E-state index in [0.717, 1.165) is 6.42 Å². The summed E-state index contributed by atoms with van der Waals surface area (Å²) in [5.74, 6) is 0.372. The molecule has 0 aromatic carbocycles. The van der Waals surface area contributed by atoms with Crippen LogP contribution in [0.3, 0.4) is 0 Å². The highest BCUT2D eigenvalue weighted by atomic mass is 35.5. The molecule has 0 bridgehead atoms. The van der Waals surface area contributed by atoms with Crippen LogP contribution in [0.1, 0.15) is 6.42 Å². The Morgan fingerprint density at radius 3 is 2.18 bits per heavy atom. The molecular weight excluding hydrogens is 357 g/mol. The van der Waals surface area contributed by atoms with Crippen LogP contribution in [0.25, 0.3) is 0 Å². The molecule has 2 rings (SSSR count). The largest absolute Gasteiger partial charge is 0.378 e. The Morgan fingerprint density at radius 1 is 1.00 bits per heavy atom. The fraction of sp³-hybridized carbons (Fsp3) is 0.667. The number of ether oxygens (including phenoxy) is 2. The zero-order valence-corrected chi connectivity index (χ0v) is 14.0. The van der Waals surface area contributed by atoms with Crippen molar-refractivity contribution in [1.29, 1.82) is 0 Å². The molecule has 0 radical (unpaired) electrons. The van der Waals surface area contributed by atoms with Crippen molar-refractivity contribution in [1.82, 2.24) is 9.80 Å². The minimum Gasteiger partial charge on any atom is -0.378 e. The van der Waals surface area contributed by atoms with Crippen molar-refractivity contribution < 1.29 is 14.4 Å². The van der Waals surface area contributed by atoms with Gasteiger partial charge in [0.25, 0.3) is 0 Å². The Kier molecular flexibility index (Phi) is 6.58. The second-order valence-corrected chi connectivity index (χ2v) is 6.08. The molecule has 0 aromatic rings. The number of morpholine rings is 1. The SMILES string of the molecule is O=[N+]([O-])/C(C(Cl)=C(Cl)Cl)=C(\N1CCOCC1)N1CCCOC1. The van der Waals surface area contributed by atoms with Gasteiger partial charge in [0.1, 0.15) is 11.2 Å². The zero-order valence-electron chi connectivity index (χ0n) is 11.8. The van der Waals surface area contributed by atoms with E-state index in [9.17, 15) is 10.1 Å². The van der Waals surface area contributed by atoms with E-state index in [1.54, 1.807) is 4.90 Å². The van der Waals surface area contributed by atoms with Crippen molar-refractivity contribution in [2.45, 2.75) is 6.42 Å². The third kappa shape index (κ3) is 4.17. The lowest BCUT2D eigenvalue weighted by Crippen LogP contribution is -2.46. The summed E-state index contributed by atoms with van der Waals surface area (Å²) in [5.41, 5.74) is -0.311. The molecule has 0 N–H and O–H groups in total. The molecule has 22 heavy (non-hydrogen) atoms. The van der Waals surface area contributed by atoms with Crippen LogP contribution in [0.5, 0.6) is 0 Å². The van der Waals surface area contributed by atoms with Gasteiger partial charge in [-0.3, -0.25) is 10.1 Å². The van der Waals surface area contributed by atoms with E-state index in [4.69, 9.17) is 44.3 Å². The van der Waals surface area contributed by atoms with Gasteiger partial charge in [-0.2, -0.15) is 0 Å². The van der Waals surface area contributed by atoms with Crippen molar-refractivity contribution >= 4 is 34.8 Å². The summed E-state index contributed by atoms with van der Waals surface area (Å²) < 4.78 is 10.4. The first-order valence-electron chi connectivity index (χ1n) is 6.77. The second-order valence-electron chi connectivity index (χ2n) is 4.76. The molecule has 0 atom stereocenters. The van der Waals surface area contributed by atoms with Gasteiger partial charge >= 0.3 is 5.70 Å². The Hall–Kier alpha value is -0.730. The van der Waals surface area contributed by atoms with Gasteiger partial charge in [0.15, 0.2) is 10.9 Å². The quantitative estimate of drug-likeness (QED) is 0.429. The summed E-state index contributed by atoms with van der Waals surface area (Å²) >= 11 is 17.3. The minimum absolute atomic E-state index is 0.258. The van der Waals surface area contributed by atoms with Gasteiger partial charge < -0.3 is 19.3 Å². The van der Waals surface area contributed by atoms with Gasteiger partial charge in [0.2, 0.25) is 0 Å². The van der Waals surface area contributed by atoms with Crippen LogP contribution < -0.4 is 0 Å². The van der Waals surface area contributed by atoms with E-state index < -0.39 is 4.92 Å². The monoisotopic (exact) mass is 371 g/mol. The first kappa shape index (κ1) is 17.6. The van der Waals surface area contributed by atoms with Gasteiger partial charge in [-0.15, -0.1) is 0 Å². The summed E-state index contributed by atoms with van der Waals surface area (Å²) in [6.45, 7) is 3.53. The maximum Gasteiger partial charge on any atom is 0.330 e.